The summed E-state index contributed by atoms with van der Waals surface area (Å²) in [5.41, 5.74) is 2.01. The molecule has 3 fully saturated rings. The topological polar surface area (TPSA) is 20.3 Å². The molecule has 1 saturated heterocycles. The van der Waals surface area contributed by atoms with Gasteiger partial charge in [0, 0.05) is 24.9 Å². The molecule has 1 aliphatic heterocycles. The lowest BCUT2D eigenvalue weighted by atomic mass is 9.98. The van der Waals surface area contributed by atoms with Gasteiger partial charge in [-0.25, -0.2) is 0 Å². The normalized spacial score (nSPS) is 30.9. The Morgan fingerprint density at radius 2 is 1.90 bits per heavy atom. The van der Waals surface area contributed by atoms with Crippen LogP contribution in [0.5, 0.6) is 0 Å². The van der Waals surface area contributed by atoms with E-state index in [-0.39, 0.29) is 0 Å². The van der Waals surface area contributed by atoms with Crippen LogP contribution in [-0.4, -0.2) is 23.9 Å². The zero-order valence-electron chi connectivity index (χ0n) is 12.1. The average molecular weight is 269 g/mol. The molecule has 2 unspecified atom stereocenters. The zero-order chi connectivity index (χ0) is 13.6. The number of likely N-dealkylation sites (tertiary alicyclic amines) is 1. The molecule has 20 heavy (non-hydrogen) atoms. The number of rotatable bonds is 2. The minimum Gasteiger partial charge on any atom is -0.342 e. The number of carbonyl (C=O) groups is 1. The Morgan fingerprint density at radius 3 is 2.60 bits per heavy atom. The number of benzene rings is 1. The highest BCUT2D eigenvalue weighted by Crippen LogP contribution is 2.59. The van der Waals surface area contributed by atoms with Gasteiger partial charge in [-0.3, -0.25) is 4.79 Å². The highest BCUT2D eigenvalue weighted by Gasteiger charge is 2.50. The van der Waals surface area contributed by atoms with E-state index in [9.17, 15) is 4.79 Å². The lowest BCUT2D eigenvalue weighted by Gasteiger charge is -2.21. The van der Waals surface area contributed by atoms with Gasteiger partial charge in [-0.1, -0.05) is 30.3 Å². The van der Waals surface area contributed by atoms with Gasteiger partial charge in [0.15, 0.2) is 0 Å². The summed E-state index contributed by atoms with van der Waals surface area (Å²) in [5, 5.41) is 0. The number of hydrogen-bond acceptors (Lipinski definition) is 1. The summed E-state index contributed by atoms with van der Waals surface area (Å²) in [4.78, 5) is 14.8. The molecule has 2 saturated carbocycles. The number of amides is 1. The third kappa shape index (κ3) is 2.15. The molecule has 1 amide bonds. The van der Waals surface area contributed by atoms with Crippen molar-refractivity contribution in [3.63, 3.8) is 0 Å². The van der Waals surface area contributed by atoms with Gasteiger partial charge in [-0.15, -0.1) is 0 Å². The van der Waals surface area contributed by atoms with E-state index in [2.05, 4.69) is 35.2 Å². The number of hydrogen-bond donors (Lipinski definition) is 0. The van der Waals surface area contributed by atoms with Crippen LogP contribution in [0.25, 0.3) is 0 Å². The molecule has 0 radical (unpaired) electrons. The maximum absolute atomic E-state index is 12.7. The van der Waals surface area contributed by atoms with Crippen molar-refractivity contribution in [3.8, 4) is 0 Å². The minimum absolute atomic E-state index is 0.340. The fourth-order valence-corrected chi connectivity index (χ4v) is 4.26. The number of nitrogens with zero attached hydrogens (tertiary/aromatic N) is 1. The van der Waals surface area contributed by atoms with Crippen LogP contribution in [0.3, 0.4) is 0 Å². The molecule has 2 nitrogen and oxygen atoms in total. The van der Waals surface area contributed by atoms with E-state index in [1.165, 1.54) is 31.2 Å². The van der Waals surface area contributed by atoms with Gasteiger partial charge in [0.25, 0.3) is 0 Å². The van der Waals surface area contributed by atoms with Crippen LogP contribution in [0.4, 0.5) is 0 Å². The largest absolute Gasteiger partial charge is 0.342 e. The Bertz CT molecular complexity index is 505. The molecule has 1 aromatic rings. The fourth-order valence-electron chi connectivity index (χ4n) is 4.26. The zero-order valence-corrected chi connectivity index (χ0v) is 12.1. The molecule has 2 atom stereocenters. The second kappa shape index (κ2) is 4.61. The molecule has 106 valence electrons. The van der Waals surface area contributed by atoms with Crippen LogP contribution >= 0.6 is 0 Å². The minimum atomic E-state index is 0.340. The third-order valence-corrected chi connectivity index (χ3v) is 5.78. The second-order valence-electron chi connectivity index (χ2n) is 7.12. The molecule has 4 rings (SSSR count). The highest BCUT2D eigenvalue weighted by atomic mass is 16.2. The molecule has 1 spiro atoms. The van der Waals surface area contributed by atoms with Gasteiger partial charge >= 0.3 is 0 Å². The van der Waals surface area contributed by atoms with Gasteiger partial charge in [0.2, 0.25) is 5.91 Å². The number of carbonyl (C=O) groups excluding carboxylic acids is 1. The van der Waals surface area contributed by atoms with Gasteiger partial charge in [-0.2, -0.15) is 0 Å². The average Bonchev–Trinajstić information content (AvgIpc) is 2.92. The highest BCUT2D eigenvalue weighted by molar-refractivity contribution is 5.79. The van der Waals surface area contributed by atoms with Crippen LogP contribution in [0.15, 0.2) is 30.3 Å². The van der Waals surface area contributed by atoms with Crippen LogP contribution in [0, 0.1) is 11.3 Å². The van der Waals surface area contributed by atoms with E-state index < -0.39 is 0 Å². The van der Waals surface area contributed by atoms with Crippen molar-refractivity contribution in [2.24, 2.45) is 11.3 Å². The van der Waals surface area contributed by atoms with Gasteiger partial charge in [-0.05, 0) is 49.5 Å². The SMILES string of the molecule is O=C(C1CCC2(CC2)C1)N1CCC(c2ccccc2)C1. The Hall–Kier alpha value is -1.31. The van der Waals surface area contributed by atoms with E-state index in [0.29, 0.717) is 23.2 Å². The van der Waals surface area contributed by atoms with E-state index >= 15 is 0 Å². The molecule has 2 heteroatoms. The van der Waals surface area contributed by atoms with E-state index in [0.717, 1.165) is 25.9 Å². The molecule has 1 heterocycles. The third-order valence-electron chi connectivity index (χ3n) is 5.78. The Kier molecular flexibility index (Phi) is 2.87. The predicted molar refractivity (Wildman–Crippen MR) is 79.4 cm³/mol. The summed E-state index contributed by atoms with van der Waals surface area (Å²) in [6, 6.07) is 10.7. The van der Waals surface area contributed by atoms with E-state index in [4.69, 9.17) is 0 Å². The van der Waals surface area contributed by atoms with Crippen molar-refractivity contribution in [2.45, 2.75) is 44.4 Å². The Labute approximate surface area is 121 Å². The van der Waals surface area contributed by atoms with Crippen molar-refractivity contribution < 1.29 is 4.79 Å². The molecular weight excluding hydrogens is 246 g/mol. The van der Waals surface area contributed by atoms with Gasteiger partial charge in [0.05, 0.1) is 0 Å². The Balaban J connectivity index is 1.40. The van der Waals surface area contributed by atoms with Gasteiger partial charge in [0.1, 0.15) is 0 Å². The van der Waals surface area contributed by atoms with Crippen LogP contribution in [0.1, 0.15) is 50.0 Å². The summed E-state index contributed by atoms with van der Waals surface area (Å²) in [6.45, 7) is 1.90. The molecule has 0 aromatic heterocycles. The maximum Gasteiger partial charge on any atom is 0.225 e. The molecule has 0 bridgehead atoms. The quantitative estimate of drug-likeness (QED) is 0.803. The molecule has 2 aliphatic carbocycles. The lowest BCUT2D eigenvalue weighted by Crippen LogP contribution is -2.33. The molecule has 0 N–H and O–H groups in total. The molecule has 3 aliphatic rings. The van der Waals surface area contributed by atoms with E-state index in [1.807, 2.05) is 0 Å². The first-order valence-corrected chi connectivity index (χ1v) is 8.10. The van der Waals surface area contributed by atoms with Crippen LogP contribution in [0.2, 0.25) is 0 Å². The van der Waals surface area contributed by atoms with Crippen molar-refractivity contribution in [3.05, 3.63) is 35.9 Å². The second-order valence-corrected chi connectivity index (χ2v) is 7.12. The fraction of sp³-hybridized carbons (Fsp3) is 0.611. The maximum atomic E-state index is 12.7. The predicted octanol–water partition coefficient (Wildman–Crippen LogP) is 3.58. The molecular formula is C18H23NO. The van der Waals surface area contributed by atoms with Crippen molar-refractivity contribution in [1.82, 2.24) is 4.90 Å². The first-order valence-electron chi connectivity index (χ1n) is 8.10. The molecule has 1 aromatic carbocycles. The van der Waals surface area contributed by atoms with Crippen LogP contribution in [-0.2, 0) is 4.79 Å². The van der Waals surface area contributed by atoms with Crippen LogP contribution < -0.4 is 0 Å². The van der Waals surface area contributed by atoms with Crippen molar-refractivity contribution in [2.75, 3.05) is 13.1 Å². The van der Waals surface area contributed by atoms with E-state index in [1.54, 1.807) is 0 Å². The smallest absolute Gasteiger partial charge is 0.225 e. The first kappa shape index (κ1) is 12.4. The van der Waals surface area contributed by atoms with Crippen molar-refractivity contribution in [1.29, 1.82) is 0 Å². The van der Waals surface area contributed by atoms with Crippen molar-refractivity contribution >= 4 is 5.91 Å². The first-order chi connectivity index (χ1) is 9.76. The summed E-state index contributed by atoms with van der Waals surface area (Å²) >= 11 is 0. The summed E-state index contributed by atoms with van der Waals surface area (Å²) in [5.74, 6) is 1.34. The summed E-state index contributed by atoms with van der Waals surface area (Å²) in [6.07, 6.45) is 7.52. The van der Waals surface area contributed by atoms with Gasteiger partial charge < -0.3 is 4.90 Å². The monoisotopic (exact) mass is 269 g/mol. The Morgan fingerprint density at radius 1 is 1.10 bits per heavy atom. The standard InChI is InChI=1S/C18H23NO/c20-17(15-6-8-18(12-15)9-10-18)19-11-7-16(13-19)14-4-2-1-3-5-14/h1-5,15-16H,6-13H2. The lowest BCUT2D eigenvalue weighted by molar-refractivity contribution is -0.134. The summed E-state index contributed by atoms with van der Waals surface area (Å²) < 4.78 is 0. The summed E-state index contributed by atoms with van der Waals surface area (Å²) in [7, 11) is 0.